The molecule has 3 heteroatoms. The van der Waals surface area contributed by atoms with Crippen LogP contribution in [0.25, 0.3) is 0 Å². The van der Waals surface area contributed by atoms with E-state index in [-0.39, 0.29) is 0 Å². The molecule has 0 saturated carbocycles. The Labute approximate surface area is 66.5 Å². The summed E-state index contributed by atoms with van der Waals surface area (Å²) in [5.74, 6) is 1.22. The predicted molar refractivity (Wildman–Crippen MR) is 47.6 cm³/mol. The van der Waals surface area contributed by atoms with Gasteiger partial charge in [-0.3, -0.25) is 4.99 Å². The van der Waals surface area contributed by atoms with Gasteiger partial charge in [0.2, 0.25) is 0 Å². The van der Waals surface area contributed by atoms with E-state index in [0.29, 0.717) is 6.04 Å². The second-order valence-corrected chi connectivity index (χ2v) is 3.50. The first kappa shape index (κ1) is 7.92. The molecule has 1 rings (SSSR count). The second-order valence-electron chi connectivity index (χ2n) is 2.42. The highest BCUT2D eigenvalue weighted by Crippen LogP contribution is 2.14. The van der Waals surface area contributed by atoms with E-state index in [1.54, 1.807) is 0 Å². The number of thioether (sulfide) groups is 1. The molecule has 0 aliphatic carbocycles. The molecule has 1 aliphatic rings. The fourth-order valence-corrected chi connectivity index (χ4v) is 2.00. The zero-order valence-electron chi connectivity index (χ0n) is 6.55. The molecule has 1 saturated heterocycles. The topological polar surface area (TPSA) is 24.4 Å². The van der Waals surface area contributed by atoms with Crippen LogP contribution in [0.3, 0.4) is 0 Å². The summed E-state index contributed by atoms with van der Waals surface area (Å²) in [5, 5.41) is 4.48. The predicted octanol–water partition coefficient (Wildman–Crippen LogP) is 1.48. The standard InChI is InChI=1S/C7H14N2S/c1-3-6-4-5-10-7(8-2)9-6/h6H,3-5H2,1-2H3,(H,8,9). The Morgan fingerprint density at radius 1 is 1.80 bits per heavy atom. The Bertz CT molecular complexity index is 134. The number of amidine groups is 1. The van der Waals surface area contributed by atoms with E-state index in [9.17, 15) is 0 Å². The number of hydrogen-bond donors (Lipinski definition) is 1. The van der Waals surface area contributed by atoms with E-state index in [1.165, 1.54) is 18.6 Å². The molecule has 58 valence electrons. The lowest BCUT2D eigenvalue weighted by Crippen LogP contribution is -2.37. The Morgan fingerprint density at radius 2 is 2.60 bits per heavy atom. The molecule has 1 fully saturated rings. The summed E-state index contributed by atoms with van der Waals surface area (Å²) in [7, 11) is 1.84. The maximum atomic E-state index is 4.11. The van der Waals surface area contributed by atoms with Crippen LogP contribution in [-0.2, 0) is 0 Å². The second kappa shape index (κ2) is 3.86. The van der Waals surface area contributed by atoms with Crippen molar-refractivity contribution in [2.45, 2.75) is 25.8 Å². The van der Waals surface area contributed by atoms with Gasteiger partial charge in [-0.1, -0.05) is 18.7 Å². The third-order valence-electron chi connectivity index (χ3n) is 1.73. The van der Waals surface area contributed by atoms with E-state index in [2.05, 4.69) is 17.2 Å². The number of nitrogens with zero attached hydrogens (tertiary/aromatic N) is 1. The van der Waals surface area contributed by atoms with Crippen molar-refractivity contribution in [1.29, 1.82) is 0 Å². The third kappa shape index (κ3) is 1.90. The van der Waals surface area contributed by atoms with Crippen LogP contribution in [0.4, 0.5) is 0 Å². The summed E-state index contributed by atoms with van der Waals surface area (Å²) >= 11 is 1.82. The van der Waals surface area contributed by atoms with E-state index in [0.717, 1.165) is 5.17 Å². The Kier molecular flexibility index (Phi) is 3.06. The van der Waals surface area contributed by atoms with Gasteiger partial charge in [0.05, 0.1) is 0 Å². The van der Waals surface area contributed by atoms with Gasteiger partial charge in [-0.2, -0.15) is 0 Å². The molecule has 10 heavy (non-hydrogen) atoms. The molecule has 0 spiro atoms. The van der Waals surface area contributed by atoms with Gasteiger partial charge in [0.15, 0.2) is 5.17 Å². The van der Waals surface area contributed by atoms with E-state index >= 15 is 0 Å². The summed E-state index contributed by atoms with van der Waals surface area (Å²) in [5.41, 5.74) is 0. The number of aliphatic imine (C=N–C) groups is 1. The van der Waals surface area contributed by atoms with Crippen molar-refractivity contribution in [1.82, 2.24) is 5.32 Å². The van der Waals surface area contributed by atoms with Crippen molar-refractivity contribution in [3.05, 3.63) is 0 Å². The van der Waals surface area contributed by atoms with Gasteiger partial charge < -0.3 is 5.32 Å². The first-order valence-corrected chi connectivity index (χ1v) is 4.71. The molecule has 0 aromatic carbocycles. The van der Waals surface area contributed by atoms with Crippen molar-refractivity contribution in [2.75, 3.05) is 12.8 Å². The first-order valence-electron chi connectivity index (χ1n) is 3.73. The Morgan fingerprint density at radius 3 is 3.20 bits per heavy atom. The van der Waals surface area contributed by atoms with Crippen LogP contribution in [-0.4, -0.2) is 24.0 Å². The summed E-state index contributed by atoms with van der Waals surface area (Å²) in [6.07, 6.45) is 2.49. The average Bonchev–Trinajstić information content (AvgIpc) is 2.05. The average molecular weight is 158 g/mol. The monoisotopic (exact) mass is 158 g/mol. The highest BCUT2D eigenvalue weighted by Gasteiger charge is 2.14. The highest BCUT2D eigenvalue weighted by atomic mass is 32.2. The van der Waals surface area contributed by atoms with Gasteiger partial charge in [-0.25, -0.2) is 0 Å². The summed E-state index contributed by atoms with van der Waals surface area (Å²) < 4.78 is 0. The van der Waals surface area contributed by atoms with Crippen LogP contribution in [0.2, 0.25) is 0 Å². The Hall–Kier alpha value is -0.180. The third-order valence-corrected chi connectivity index (χ3v) is 2.74. The molecule has 1 heterocycles. The normalized spacial score (nSPS) is 30.2. The Balaban J connectivity index is 2.39. The van der Waals surface area contributed by atoms with Crippen LogP contribution < -0.4 is 5.32 Å². The van der Waals surface area contributed by atoms with Gasteiger partial charge in [-0.05, 0) is 12.8 Å². The van der Waals surface area contributed by atoms with Crippen LogP contribution >= 0.6 is 11.8 Å². The van der Waals surface area contributed by atoms with Crippen molar-refractivity contribution in [2.24, 2.45) is 4.99 Å². The van der Waals surface area contributed by atoms with Crippen LogP contribution in [0.5, 0.6) is 0 Å². The maximum absolute atomic E-state index is 4.11. The minimum Gasteiger partial charge on any atom is -0.362 e. The maximum Gasteiger partial charge on any atom is 0.156 e. The number of rotatable bonds is 1. The van der Waals surface area contributed by atoms with Gasteiger partial charge >= 0.3 is 0 Å². The molecule has 1 atom stereocenters. The fourth-order valence-electron chi connectivity index (χ4n) is 1.02. The molecule has 0 bridgehead atoms. The van der Waals surface area contributed by atoms with Gasteiger partial charge in [0.25, 0.3) is 0 Å². The van der Waals surface area contributed by atoms with E-state index in [4.69, 9.17) is 0 Å². The van der Waals surface area contributed by atoms with Gasteiger partial charge in [0, 0.05) is 18.8 Å². The van der Waals surface area contributed by atoms with Crippen molar-refractivity contribution < 1.29 is 0 Å². The molecule has 0 amide bonds. The lowest BCUT2D eigenvalue weighted by atomic mass is 10.2. The fraction of sp³-hybridized carbons (Fsp3) is 0.857. The van der Waals surface area contributed by atoms with Crippen molar-refractivity contribution in [3.63, 3.8) is 0 Å². The van der Waals surface area contributed by atoms with Crippen molar-refractivity contribution >= 4 is 16.9 Å². The smallest absolute Gasteiger partial charge is 0.156 e. The SMILES string of the molecule is CCC1CCSC(=NC)N1. The van der Waals surface area contributed by atoms with Crippen LogP contribution in [0.15, 0.2) is 4.99 Å². The number of nitrogens with one attached hydrogen (secondary N) is 1. The molecular weight excluding hydrogens is 144 g/mol. The summed E-state index contributed by atoms with van der Waals surface area (Å²) in [6, 6.07) is 0.667. The lowest BCUT2D eigenvalue weighted by molar-refractivity contribution is 0.571. The molecule has 0 aromatic heterocycles. The lowest BCUT2D eigenvalue weighted by Gasteiger charge is -2.23. The molecule has 1 aliphatic heterocycles. The number of hydrogen-bond acceptors (Lipinski definition) is 2. The first-order chi connectivity index (χ1) is 4.86. The van der Waals surface area contributed by atoms with E-state index < -0.39 is 0 Å². The zero-order valence-corrected chi connectivity index (χ0v) is 7.37. The van der Waals surface area contributed by atoms with E-state index in [1.807, 2.05) is 18.8 Å². The minimum absolute atomic E-state index is 0.667. The van der Waals surface area contributed by atoms with Crippen LogP contribution in [0, 0.1) is 0 Å². The molecule has 0 aromatic rings. The van der Waals surface area contributed by atoms with Crippen molar-refractivity contribution in [3.8, 4) is 0 Å². The minimum atomic E-state index is 0.667. The zero-order chi connectivity index (χ0) is 7.40. The molecule has 1 unspecified atom stereocenters. The quantitative estimate of drug-likeness (QED) is 0.625. The largest absolute Gasteiger partial charge is 0.362 e. The molecule has 2 nitrogen and oxygen atoms in total. The molecule has 1 N–H and O–H groups in total. The van der Waals surface area contributed by atoms with Gasteiger partial charge in [-0.15, -0.1) is 0 Å². The molecule has 0 radical (unpaired) electrons. The van der Waals surface area contributed by atoms with Crippen LogP contribution in [0.1, 0.15) is 19.8 Å². The summed E-state index contributed by atoms with van der Waals surface area (Å²) in [4.78, 5) is 4.11. The molecular formula is C7H14N2S. The van der Waals surface area contributed by atoms with Gasteiger partial charge in [0.1, 0.15) is 0 Å². The summed E-state index contributed by atoms with van der Waals surface area (Å²) in [6.45, 7) is 2.21. The highest BCUT2D eigenvalue weighted by molar-refractivity contribution is 8.13.